The average molecular weight is 354 g/mol. The molecule has 0 aromatic heterocycles. The van der Waals surface area contributed by atoms with Crippen LogP contribution in [0.5, 0.6) is 11.5 Å². The molecule has 0 heterocycles. The fourth-order valence-corrected chi connectivity index (χ4v) is 2.35. The molecule has 0 bridgehead atoms. The van der Waals surface area contributed by atoms with Crippen molar-refractivity contribution < 1.29 is 13.9 Å². The van der Waals surface area contributed by atoms with Crippen molar-refractivity contribution in [3.63, 3.8) is 0 Å². The summed E-state index contributed by atoms with van der Waals surface area (Å²) in [5, 5.41) is 3.29. The normalized spacial score (nSPS) is 10.3. The molecule has 0 saturated heterocycles. The fourth-order valence-electron chi connectivity index (χ4n) is 2.00. The number of benzene rings is 2. The molecule has 0 saturated carbocycles. The van der Waals surface area contributed by atoms with Gasteiger partial charge in [-0.2, -0.15) is 0 Å². The third-order valence-corrected chi connectivity index (χ3v) is 3.77. The lowest BCUT2D eigenvalue weighted by molar-refractivity contribution is 0.393. The van der Waals surface area contributed by atoms with Gasteiger partial charge in [0, 0.05) is 18.3 Å². The highest BCUT2D eigenvalue weighted by atomic mass is 79.9. The van der Waals surface area contributed by atoms with E-state index in [4.69, 9.17) is 9.47 Å². The Kier molecular flexibility index (Phi) is 5.07. The van der Waals surface area contributed by atoms with E-state index < -0.39 is 0 Å². The van der Waals surface area contributed by atoms with E-state index in [1.165, 1.54) is 6.07 Å². The number of methoxy groups -OCH3 is 2. The van der Waals surface area contributed by atoms with Crippen LogP contribution in [-0.2, 0) is 6.54 Å². The lowest BCUT2D eigenvalue weighted by atomic mass is 10.1. The Morgan fingerprint density at radius 3 is 2.24 bits per heavy atom. The molecule has 0 amide bonds. The number of anilines is 1. The molecule has 0 fully saturated rings. The molecule has 3 nitrogen and oxygen atoms in total. The van der Waals surface area contributed by atoms with Gasteiger partial charge in [-0.1, -0.05) is 0 Å². The molecule has 0 aliphatic rings. The monoisotopic (exact) mass is 353 g/mol. The molecule has 1 N–H and O–H groups in total. The van der Waals surface area contributed by atoms with Crippen molar-refractivity contribution in [3.05, 3.63) is 51.7 Å². The fraction of sp³-hybridized carbons (Fsp3) is 0.250. The van der Waals surface area contributed by atoms with Crippen LogP contribution in [0.25, 0.3) is 0 Å². The topological polar surface area (TPSA) is 30.5 Å². The van der Waals surface area contributed by atoms with Crippen molar-refractivity contribution in [2.45, 2.75) is 13.5 Å². The smallest absolute Gasteiger partial charge is 0.137 e. The number of rotatable bonds is 5. The Morgan fingerprint density at radius 2 is 1.67 bits per heavy atom. The summed E-state index contributed by atoms with van der Waals surface area (Å²) < 4.78 is 24.3. The summed E-state index contributed by atoms with van der Waals surface area (Å²) in [7, 11) is 3.24. The molecule has 0 aliphatic heterocycles. The van der Waals surface area contributed by atoms with E-state index in [-0.39, 0.29) is 5.82 Å². The van der Waals surface area contributed by atoms with Crippen LogP contribution < -0.4 is 14.8 Å². The van der Waals surface area contributed by atoms with Gasteiger partial charge in [0.05, 0.1) is 18.7 Å². The van der Waals surface area contributed by atoms with Gasteiger partial charge in [-0.3, -0.25) is 0 Å². The van der Waals surface area contributed by atoms with Crippen molar-refractivity contribution >= 4 is 21.6 Å². The van der Waals surface area contributed by atoms with E-state index in [9.17, 15) is 4.39 Å². The summed E-state index contributed by atoms with van der Waals surface area (Å²) in [5.74, 6) is 1.22. The van der Waals surface area contributed by atoms with Crippen molar-refractivity contribution in [2.75, 3.05) is 19.5 Å². The summed E-state index contributed by atoms with van der Waals surface area (Å²) in [6.07, 6.45) is 0. The standard InChI is InChI=1S/C16H17BrFNO2/c1-10-4-15(18)14(17)8-16(10)19-9-11-5-12(20-2)7-13(6-11)21-3/h4-8,19H,9H2,1-3H3. The van der Waals surface area contributed by atoms with Crippen LogP contribution in [0.2, 0.25) is 0 Å². The van der Waals surface area contributed by atoms with Gasteiger partial charge >= 0.3 is 0 Å². The van der Waals surface area contributed by atoms with Gasteiger partial charge in [0.25, 0.3) is 0 Å². The second-order valence-corrected chi connectivity index (χ2v) is 5.51. The lowest BCUT2D eigenvalue weighted by Gasteiger charge is -2.12. The number of hydrogen-bond acceptors (Lipinski definition) is 3. The summed E-state index contributed by atoms with van der Waals surface area (Å²) in [6.45, 7) is 2.45. The first-order valence-corrected chi connectivity index (χ1v) is 7.24. The molecule has 0 spiro atoms. The summed E-state index contributed by atoms with van der Waals surface area (Å²) >= 11 is 3.20. The first-order valence-electron chi connectivity index (χ1n) is 6.45. The molecule has 2 rings (SSSR count). The molecule has 2 aromatic rings. The average Bonchev–Trinajstić information content (AvgIpc) is 2.49. The van der Waals surface area contributed by atoms with Crippen LogP contribution in [0.1, 0.15) is 11.1 Å². The van der Waals surface area contributed by atoms with Gasteiger partial charge in [-0.05, 0) is 58.2 Å². The highest BCUT2D eigenvalue weighted by molar-refractivity contribution is 9.10. The van der Waals surface area contributed by atoms with Gasteiger partial charge < -0.3 is 14.8 Å². The summed E-state index contributed by atoms with van der Waals surface area (Å²) in [4.78, 5) is 0. The second kappa shape index (κ2) is 6.80. The van der Waals surface area contributed by atoms with E-state index >= 15 is 0 Å². The number of nitrogens with one attached hydrogen (secondary N) is 1. The maximum atomic E-state index is 13.4. The minimum absolute atomic E-state index is 0.263. The molecule has 0 aliphatic carbocycles. The molecule has 2 aromatic carbocycles. The minimum atomic E-state index is -0.263. The number of hydrogen-bond donors (Lipinski definition) is 1. The molecule has 0 unspecified atom stereocenters. The highest BCUT2D eigenvalue weighted by Crippen LogP contribution is 2.26. The summed E-state index contributed by atoms with van der Waals surface area (Å²) in [5.41, 5.74) is 2.75. The molecule has 5 heteroatoms. The van der Waals surface area contributed by atoms with E-state index in [1.807, 2.05) is 25.1 Å². The molecule has 0 atom stereocenters. The number of halogens is 2. The quantitative estimate of drug-likeness (QED) is 0.856. The first-order chi connectivity index (χ1) is 10.0. The van der Waals surface area contributed by atoms with Crippen molar-refractivity contribution in [2.24, 2.45) is 0 Å². The lowest BCUT2D eigenvalue weighted by Crippen LogP contribution is -2.02. The van der Waals surface area contributed by atoms with Crippen molar-refractivity contribution in [3.8, 4) is 11.5 Å². The Labute approximate surface area is 132 Å². The third kappa shape index (κ3) is 3.88. The Balaban J connectivity index is 2.18. The van der Waals surface area contributed by atoms with E-state index in [1.54, 1.807) is 20.3 Å². The maximum Gasteiger partial charge on any atom is 0.137 e. The Hall–Kier alpha value is -1.75. The van der Waals surface area contributed by atoms with Gasteiger partial charge in [0.1, 0.15) is 17.3 Å². The Morgan fingerprint density at radius 1 is 1.05 bits per heavy atom. The summed E-state index contributed by atoms with van der Waals surface area (Å²) in [6, 6.07) is 8.93. The van der Waals surface area contributed by atoms with Crippen LogP contribution in [0.3, 0.4) is 0 Å². The zero-order valence-corrected chi connectivity index (χ0v) is 13.8. The molecule has 112 valence electrons. The maximum absolute atomic E-state index is 13.4. The van der Waals surface area contributed by atoms with Crippen molar-refractivity contribution in [1.82, 2.24) is 0 Å². The zero-order valence-electron chi connectivity index (χ0n) is 12.2. The van der Waals surface area contributed by atoms with Gasteiger partial charge in [0.2, 0.25) is 0 Å². The van der Waals surface area contributed by atoms with Gasteiger partial charge in [-0.15, -0.1) is 0 Å². The SMILES string of the molecule is COc1cc(CNc2cc(Br)c(F)cc2C)cc(OC)c1. The number of aryl methyl sites for hydroxylation is 1. The van der Waals surface area contributed by atoms with Crippen LogP contribution in [0.4, 0.5) is 10.1 Å². The first kappa shape index (κ1) is 15.6. The van der Waals surface area contributed by atoms with Crippen LogP contribution in [0, 0.1) is 12.7 Å². The predicted octanol–water partition coefficient (Wildman–Crippen LogP) is 4.53. The number of ether oxygens (including phenoxy) is 2. The van der Waals surface area contributed by atoms with E-state index in [0.717, 1.165) is 28.3 Å². The van der Waals surface area contributed by atoms with E-state index in [0.29, 0.717) is 11.0 Å². The zero-order chi connectivity index (χ0) is 15.4. The van der Waals surface area contributed by atoms with Crippen LogP contribution >= 0.6 is 15.9 Å². The van der Waals surface area contributed by atoms with Crippen LogP contribution in [-0.4, -0.2) is 14.2 Å². The molecule has 0 radical (unpaired) electrons. The van der Waals surface area contributed by atoms with Gasteiger partial charge in [-0.25, -0.2) is 4.39 Å². The van der Waals surface area contributed by atoms with E-state index in [2.05, 4.69) is 21.2 Å². The second-order valence-electron chi connectivity index (χ2n) is 4.66. The largest absolute Gasteiger partial charge is 0.497 e. The Bertz CT molecular complexity index is 624. The third-order valence-electron chi connectivity index (χ3n) is 3.16. The van der Waals surface area contributed by atoms with Crippen molar-refractivity contribution in [1.29, 1.82) is 0 Å². The van der Waals surface area contributed by atoms with Gasteiger partial charge in [0.15, 0.2) is 0 Å². The molecular formula is C16H17BrFNO2. The highest BCUT2D eigenvalue weighted by Gasteiger charge is 2.06. The minimum Gasteiger partial charge on any atom is -0.497 e. The molecule has 21 heavy (non-hydrogen) atoms. The predicted molar refractivity (Wildman–Crippen MR) is 85.7 cm³/mol. The van der Waals surface area contributed by atoms with Crippen LogP contribution in [0.15, 0.2) is 34.8 Å². The molecular weight excluding hydrogens is 337 g/mol.